The van der Waals surface area contributed by atoms with E-state index in [1.807, 2.05) is 42.7 Å². The Morgan fingerprint density at radius 3 is 2.52 bits per heavy atom. The highest BCUT2D eigenvalue weighted by atomic mass is 16.1. The molecule has 2 N–H and O–H groups in total. The minimum absolute atomic E-state index is 0.0290. The van der Waals surface area contributed by atoms with Crippen LogP contribution in [0.3, 0.4) is 0 Å². The van der Waals surface area contributed by atoms with Crippen LogP contribution >= 0.6 is 0 Å². The average molecular weight is 408 g/mol. The molecule has 154 valence electrons. The van der Waals surface area contributed by atoms with E-state index in [-0.39, 0.29) is 5.91 Å². The number of carbonyl (C=O) groups is 1. The van der Waals surface area contributed by atoms with Gasteiger partial charge in [-0.1, -0.05) is 66.2 Å². The first-order valence-electron chi connectivity index (χ1n) is 10.7. The van der Waals surface area contributed by atoms with Crippen molar-refractivity contribution in [3.63, 3.8) is 0 Å². The molecule has 0 unspecified atom stereocenters. The van der Waals surface area contributed by atoms with Crippen molar-refractivity contribution in [3.05, 3.63) is 107 Å². The van der Waals surface area contributed by atoms with Crippen LogP contribution in [0.15, 0.2) is 85.2 Å². The predicted octanol–water partition coefficient (Wildman–Crippen LogP) is 5.45. The Morgan fingerprint density at radius 1 is 0.935 bits per heavy atom. The highest BCUT2D eigenvalue weighted by molar-refractivity contribution is 6.07. The van der Waals surface area contributed by atoms with Crippen LogP contribution in [0.1, 0.15) is 27.0 Å². The number of aryl methyl sites for hydroxylation is 1. The molecule has 3 aromatic carbocycles. The zero-order chi connectivity index (χ0) is 21.2. The minimum Gasteiger partial charge on any atom is -0.361 e. The lowest BCUT2D eigenvalue weighted by atomic mass is 10.1. The van der Waals surface area contributed by atoms with Gasteiger partial charge in [0, 0.05) is 47.3 Å². The maximum atomic E-state index is 13.0. The fraction of sp³-hybridized carbons (Fsp3) is 0.148. The lowest BCUT2D eigenvalue weighted by molar-refractivity contribution is 0.0955. The van der Waals surface area contributed by atoms with Crippen LogP contribution in [0, 0.1) is 6.92 Å². The van der Waals surface area contributed by atoms with E-state index in [4.69, 9.17) is 0 Å². The zero-order valence-electron chi connectivity index (χ0n) is 17.6. The van der Waals surface area contributed by atoms with Gasteiger partial charge in [0.25, 0.3) is 5.91 Å². The molecule has 0 saturated carbocycles. The van der Waals surface area contributed by atoms with Gasteiger partial charge in [0.1, 0.15) is 0 Å². The van der Waals surface area contributed by atoms with Crippen molar-refractivity contribution in [3.8, 4) is 0 Å². The van der Waals surface area contributed by atoms with Crippen LogP contribution in [0.5, 0.6) is 0 Å². The number of nitrogens with zero attached hydrogens (tertiary/aromatic N) is 1. The van der Waals surface area contributed by atoms with Crippen LogP contribution in [-0.2, 0) is 13.0 Å². The summed E-state index contributed by atoms with van der Waals surface area (Å²) in [5.74, 6) is -0.0290. The Balaban J connectivity index is 1.34. The Morgan fingerprint density at radius 2 is 1.68 bits per heavy atom. The fourth-order valence-electron chi connectivity index (χ4n) is 4.19. The molecule has 0 aliphatic rings. The van der Waals surface area contributed by atoms with Gasteiger partial charge in [-0.25, -0.2) is 0 Å². The summed E-state index contributed by atoms with van der Waals surface area (Å²) in [7, 11) is 0. The van der Waals surface area contributed by atoms with Crippen molar-refractivity contribution < 1.29 is 4.79 Å². The third-order valence-electron chi connectivity index (χ3n) is 5.86. The largest absolute Gasteiger partial charge is 0.361 e. The monoisotopic (exact) mass is 407 g/mol. The fourth-order valence-corrected chi connectivity index (χ4v) is 4.19. The maximum Gasteiger partial charge on any atom is 0.253 e. The third-order valence-corrected chi connectivity index (χ3v) is 5.86. The molecule has 4 nitrogen and oxygen atoms in total. The number of para-hydroxylation sites is 2. The summed E-state index contributed by atoms with van der Waals surface area (Å²) in [6.45, 7) is 3.43. The van der Waals surface area contributed by atoms with E-state index >= 15 is 0 Å². The van der Waals surface area contributed by atoms with Gasteiger partial charge in [0.2, 0.25) is 0 Å². The van der Waals surface area contributed by atoms with Gasteiger partial charge in [-0.3, -0.25) is 4.79 Å². The van der Waals surface area contributed by atoms with Crippen molar-refractivity contribution in [2.45, 2.75) is 19.9 Å². The molecular formula is C27H25N3O. The number of carbonyl (C=O) groups excluding carboxylic acids is 1. The second-order valence-corrected chi connectivity index (χ2v) is 8.04. The molecule has 0 bridgehead atoms. The second-order valence-electron chi connectivity index (χ2n) is 8.04. The number of hydrogen-bond donors (Lipinski definition) is 2. The molecule has 0 saturated heterocycles. The lowest BCUT2D eigenvalue weighted by Crippen LogP contribution is -2.25. The first-order chi connectivity index (χ1) is 15.2. The van der Waals surface area contributed by atoms with Gasteiger partial charge in [-0.15, -0.1) is 0 Å². The molecule has 1 amide bonds. The Hall–Kier alpha value is -3.79. The van der Waals surface area contributed by atoms with Crippen molar-refractivity contribution in [2.75, 3.05) is 6.54 Å². The van der Waals surface area contributed by atoms with Crippen LogP contribution < -0.4 is 5.32 Å². The number of benzene rings is 3. The number of hydrogen-bond acceptors (Lipinski definition) is 1. The molecule has 2 heterocycles. The Bertz CT molecular complexity index is 1360. The molecular weight excluding hydrogens is 382 g/mol. The summed E-state index contributed by atoms with van der Waals surface area (Å²) in [6.07, 6.45) is 4.80. The number of nitrogens with one attached hydrogen (secondary N) is 2. The molecule has 5 rings (SSSR count). The average Bonchev–Trinajstić information content (AvgIpc) is 3.37. The van der Waals surface area contributed by atoms with Gasteiger partial charge >= 0.3 is 0 Å². The zero-order valence-corrected chi connectivity index (χ0v) is 17.6. The van der Waals surface area contributed by atoms with E-state index in [2.05, 4.69) is 64.3 Å². The van der Waals surface area contributed by atoms with Gasteiger partial charge in [-0.2, -0.15) is 0 Å². The van der Waals surface area contributed by atoms with Gasteiger partial charge < -0.3 is 14.9 Å². The summed E-state index contributed by atoms with van der Waals surface area (Å²) in [6, 6.07) is 24.9. The molecule has 31 heavy (non-hydrogen) atoms. The van der Waals surface area contributed by atoms with Gasteiger partial charge in [-0.05, 0) is 36.6 Å². The molecule has 4 heteroatoms. The van der Waals surface area contributed by atoms with Crippen molar-refractivity contribution in [2.24, 2.45) is 0 Å². The number of rotatable bonds is 6. The topological polar surface area (TPSA) is 49.8 Å². The predicted molar refractivity (Wildman–Crippen MR) is 127 cm³/mol. The first kappa shape index (κ1) is 19.2. The van der Waals surface area contributed by atoms with Crippen molar-refractivity contribution in [1.29, 1.82) is 0 Å². The molecule has 0 aliphatic carbocycles. The number of fused-ring (bicyclic) bond motifs is 2. The van der Waals surface area contributed by atoms with E-state index in [1.165, 1.54) is 22.1 Å². The number of aromatic nitrogens is 2. The van der Waals surface area contributed by atoms with Gasteiger partial charge in [0.15, 0.2) is 0 Å². The summed E-state index contributed by atoms with van der Waals surface area (Å²) in [4.78, 5) is 16.3. The van der Waals surface area contributed by atoms with E-state index in [1.54, 1.807) is 0 Å². The number of amides is 1. The normalized spacial score (nSPS) is 11.3. The van der Waals surface area contributed by atoms with E-state index in [9.17, 15) is 4.79 Å². The molecule has 5 aromatic rings. The van der Waals surface area contributed by atoms with Crippen LogP contribution in [0.25, 0.3) is 21.8 Å². The molecule has 0 aliphatic heterocycles. The summed E-state index contributed by atoms with van der Waals surface area (Å²) >= 11 is 0. The quantitative estimate of drug-likeness (QED) is 0.386. The lowest BCUT2D eigenvalue weighted by Gasteiger charge is -2.06. The summed E-state index contributed by atoms with van der Waals surface area (Å²) < 4.78 is 2.16. The smallest absolute Gasteiger partial charge is 0.253 e. The highest BCUT2D eigenvalue weighted by Crippen LogP contribution is 2.23. The molecule has 0 spiro atoms. The van der Waals surface area contributed by atoms with Crippen LogP contribution in [0.4, 0.5) is 0 Å². The van der Waals surface area contributed by atoms with E-state index in [0.717, 1.165) is 34.9 Å². The van der Waals surface area contributed by atoms with Crippen molar-refractivity contribution >= 4 is 27.7 Å². The number of aromatic amines is 1. The summed E-state index contributed by atoms with van der Waals surface area (Å²) in [5.41, 5.74) is 6.61. The van der Waals surface area contributed by atoms with E-state index < -0.39 is 0 Å². The Labute approximate surface area is 181 Å². The van der Waals surface area contributed by atoms with Crippen LogP contribution in [0.2, 0.25) is 0 Å². The van der Waals surface area contributed by atoms with Crippen LogP contribution in [-0.4, -0.2) is 22.0 Å². The standard InChI is InChI=1S/C27H25N3O/c1-19-10-12-20(13-11-19)17-30-18-24(23-7-3-5-9-26(23)30)27(31)28-15-14-21-16-29-25-8-4-2-6-22(21)25/h2-13,16,18,29H,14-15,17H2,1H3,(H,28,31). The maximum absolute atomic E-state index is 13.0. The summed E-state index contributed by atoms with van der Waals surface area (Å²) in [5, 5.41) is 5.31. The van der Waals surface area contributed by atoms with Gasteiger partial charge in [0.05, 0.1) is 5.56 Å². The highest BCUT2D eigenvalue weighted by Gasteiger charge is 2.15. The molecule has 0 fully saturated rings. The number of H-pyrrole nitrogens is 1. The minimum atomic E-state index is -0.0290. The molecule has 0 radical (unpaired) electrons. The second kappa shape index (κ2) is 8.15. The Kier molecular flexibility index (Phi) is 5.04. The van der Waals surface area contributed by atoms with Crippen molar-refractivity contribution in [1.82, 2.24) is 14.9 Å². The van der Waals surface area contributed by atoms with E-state index in [0.29, 0.717) is 6.54 Å². The third kappa shape index (κ3) is 3.84. The SMILES string of the molecule is Cc1ccc(Cn2cc(C(=O)NCCc3c[nH]c4ccccc34)c3ccccc32)cc1. The molecule has 2 aromatic heterocycles. The molecule has 0 atom stereocenters. The first-order valence-corrected chi connectivity index (χ1v) is 10.7.